The average molecular weight is 266 g/mol. The van der Waals surface area contributed by atoms with Gasteiger partial charge in [0.05, 0.1) is 0 Å². The number of thiophene rings is 1. The van der Waals surface area contributed by atoms with E-state index in [-0.39, 0.29) is 0 Å². The molecule has 0 radical (unpaired) electrons. The van der Waals surface area contributed by atoms with Crippen LogP contribution in [0.15, 0.2) is 12.1 Å². The van der Waals surface area contributed by atoms with Crippen LogP contribution in [0.25, 0.3) is 0 Å². The number of nitrogens with zero attached hydrogens (tertiary/aromatic N) is 1. The molecule has 0 aliphatic carbocycles. The maximum atomic E-state index is 3.61. The van der Waals surface area contributed by atoms with E-state index in [9.17, 15) is 0 Å². The van der Waals surface area contributed by atoms with Crippen molar-refractivity contribution in [2.45, 2.75) is 58.7 Å². The summed E-state index contributed by atoms with van der Waals surface area (Å²) >= 11 is 1.97. The fourth-order valence-corrected chi connectivity index (χ4v) is 3.53. The third-order valence-electron chi connectivity index (χ3n) is 3.77. The summed E-state index contributed by atoms with van der Waals surface area (Å²) in [4.78, 5) is 5.63. The zero-order valence-corrected chi connectivity index (χ0v) is 12.7. The van der Waals surface area contributed by atoms with Crippen LogP contribution in [0.1, 0.15) is 43.4 Å². The van der Waals surface area contributed by atoms with Crippen LogP contribution in [-0.2, 0) is 13.0 Å². The normalized spacial score (nSPS) is 20.2. The monoisotopic (exact) mass is 266 g/mol. The van der Waals surface area contributed by atoms with Crippen molar-refractivity contribution in [3.05, 3.63) is 21.9 Å². The average Bonchev–Trinajstić information content (AvgIpc) is 2.99. The van der Waals surface area contributed by atoms with E-state index in [0.29, 0.717) is 12.1 Å². The molecule has 1 unspecified atom stereocenters. The second-order valence-electron chi connectivity index (χ2n) is 5.54. The van der Waals surface area contributed by atoms with Gasteiger partial charge in [0, 0.05) is 34.9 Å². The molecule has 1 saturated heterocycles. The molecule has 0 saturated carbocycles. The minimum absolute atomic E-state index is 0.625. The van der Waals surface area contributed by atoms with Crippen LogP contribution in [0.3, 0.4) is 0 Å². The maximum absolute atomic E-state index is 3.61. The largest absolute Gasteiger partial charge is 0.313 e. The summed E-state index contributed by atoms with van der Waals surface area (Å²) in [6, 6.07) is 5.92. The van der Waals surface area contributed by atoms with Crippen molar-refractivity contribution in [3.63, 3.8) is 0 Å². The smallest absolute Gasteiger partial charge is 0.0331 e. The number of rotatable bonds is 6. The summed E-state index contributed by atoms with van der Waals surface area (Å²) in [6.45, 7) is 10.4. The standard InChI is InChI=1S/C15H26N2S/c1-4-14-7-8-15(18-14)11-17(12(2)3)10-13-6-5-9-16-13/h7-8,12-13,16H,4-6,9-11H2,1-3H3. The van der Waals surface area contributed by atoms with E-state index in [4.69, 9.17) is 0 Å². The van der Waals surface area contributed by atoms with Gasteiger partial charge in [-0.1, -0.05) is 6.92 Å². The van der Waals surface area contributed by atoms with Crippen molar-refractivity contribution in [1.29, 1.82) is 0 Å². The zero-order chi connectivity index (χ0) is 13.0. The second kappa shape index (κ2) is 6.69. The quantitative estimate of drug-likeness (QED) is 0.850. The first-order chi connectivity index (χ1) is 8.69. The van der Waals surface area contributed by atoms with Gasteiger partial charge in [0.25, 0.3) is 0 Å². The van der Waals surface area contributed by atoms with Crippen LogP contribution >= 0.6 is 11.3 Å². The molecule has 1 fully saturated rings. The Morgan fingerprint density at radius 1 is 1.39 bits per heavy atom. The lowest BCUT2D eigenvalue weighted by Crippen LogP contribution is -2.40. The predicted molar refractivity (Wildman–Crippen MR) is 80.3 cm³/mol. The van der Waals surface area contributed by atoms with Crippen molar-refractivity contribution < 1.29 is 0 Å². The summed E-state index contributed by atoms with van der Waals surface area (Å²) < 4.78 is 0. The number of nitrogens with one attached hydrogen (secondary N) is 1. The van der Waals surface area contributed by atoms with Gasteiger partial charge in [-0.15, -0.1) is 11.3 Å². The van der Waals surface area contributed by atoms with E-state index < -0.39 is 0 Å². The molecule has 0 spiro atoms. The third-order valence-corrected chi connectivity index (χ3v) is 4.99. The highest BCUT2D eigenvalue weighted by atomic mass is 32.1. The van der Waals surface area contributed by atoms with Gasteiger partial charge in [-0.2, -0.15) is 0 Å². The molecule has 0 aromatic carbocycles. The number of hydrogen-bond donors (Lipinski definition) is 1. The second-order valence-corrected chi connectivity index (χ2v) is 6.79. The van der Waals surface area contributed by atoms with Crippen molar-refractivity contribution >= 4 is 11.3 Å². The van der Waals surface area contributed by atoms with E-state index in [2.05, 4.69) is 43.1 Å². The first-order valence-corrected chi connectivity index (χ1v) is 8.05. The van der Waals surface area contributed by atoms with Gasteiger partial charge in [-0.3, -0.25) is 4.90 Å². The lowest BCUT2D eigenvalue weighted by molar-refractivity contribution is 0.196. The van der Waals surface area contributed by atoms with Crippen LogP contribution in [0.2, 0.25) is 0 Å². The Hall–Kier alpha value is -0.380. The fourth-order valence-electron chi connectivity index (χ4n) is 2.55. The highest BCUT2D eigenvalue weighted by Gasteiger charge is 2.20. The maximum Gasteiger partial charge on any atom is 0.0331 e. The third kappa shape index (κ3) is 3.81. The van der Waals surface area contributed by atoms with E-state index in [1.807, 2.05) is 11.3 Å². The molecule has 1 aromatic heterocycles. The van der Waals surface area contributed by atoms with E-state index >= 15 is 0 Å². The van der Waals surface area contributed by atoms with Crippen molar-refractivity contribution in [1.82, 2.24) is 10.2 Å². The minimum Gasteiger partial charge on any atom is -0.313 e. The molecule has 1 atom stereocenters. The first kappa shape index (κ1) is 14.0. The lowest BCUT2D eigenvalue weighted by atomic mass is 10.2. The van der Waals surface area contributed by atoms with Crippen molar-refractivity contribution in [2.75, 3.05) is 13.1 Å². The molecule has 0 bridgehead atoms. The minimum atomic E-state index is 0.625. The highest BCUT2D eigenvalue weighted by molar-refractivity contribution is 7.11. The first-order valence-electron chi connectivity index (χ1n) is 7.24. The fraction of sp³-hybridized carbons (Fsp3) is 0.733. The Morgan fingerprint density at radius 2 is 2.17 bits per heavy atom. The van der Waals surface area contributed by atoms with Crippen LogP contribution in [0, 0.1) is 0 Å². The topological polar surface area (TPSA) is 15.3 Å². The molecule has 2 nitrogen and oxygen atoms in total. The van der Waals surface area contributed by atoms with Gasteiger partial charge in [0.2, 0.25) is 0 Å². The molecule has 18 heavy (non-hydrogen) atoms. The Kier molecular flexibility index (Phi) is 5.22. The van der Waals surface area contributed by atoms with Gasteiger partial charge < -0.3 is 5.32 Å². The summed E-state index contributed by atoms with van der Waals surface area (Å²) in [6.07, 6.45) is 3.85. The Bertz CT molecular complexity index is 353. The summed E-state index contributed by atoms with van der Waals surface area (Å²) in [5.41, 5.74) is 0. The lowest BCUT2D eigenvalue weighted by Gasteiger charge is -2.28. The Balaban J connectivity index is 1.92. The zero-order valence-electron chi connectivity index (χ0n) is 11.9. The van der Waals surface area contributed by atoms with Gasteiger partial charge >= 0.3 is 0 Å². The molecule has 3 heteroatoms. The van der Waals surface area contributed by atoms with E-state index in [0.717, 1.165) is 13.0 Å². The number of aryl methyl sites for hydroxylation is 1. The van der Waals surface area contributed by atoms with E-state index in [1.54, 1.807) is 0 Å². The predicted octanol–water partition coefficient (Wildman–Crippen LogP) is 3.27. The summed E-state index contributed by atoms with van der Waals surface area (Å²) in [7, 11) is 0. The molecule has 1 aliphatic heterocycles. The molecule has 1 aliphatic rings. The van der Waals surface area contributed by atoms with Crippen LogP contribution in [0.5, 0.6) is 0 Å². The number of hydrogen-bond acceptors (Lipinski definition) is 3. The summed E-state index contributed by atoms with van der Waals surface area (Å²) in [5, 5.41) is 3.61. The van der Waals surface area contributed by atoms with E-state index in [1.165, 1.54) is 35.7 Å². The molecule has 102 valence electrons. The molecule has 1 N–H and O–H groups in total. The van der Waals surface area contributed by atoms with Crippen molar-refractivity contribution in [2.24, 2.45) is 0 Å². The Labute approximate surface area is 115 Å². The van der Waals surface area contributed by atoms with Gasteiger partial charge in [0.15, 0.2) is 0 Å². The molecule has 2 rings (SSSR count). The molecule has 1 aromatic rings. The molecular formula is C15H26N2S. The highest BCUT2D eigenvalue weighted by Crippen LogP contribution is 2.20. The molecule has 0 amide bonds. The Morgan fingerprint density at radius 3 is 2.72 bits per heavy atom. The molecular weight excluding hydrogens is 240 g/mol. The van der Waals surface area contributed by atoms with Crippen LogP contribution in [0.4, 0.5) is 0 Å². The van der Waals surface area contributed by atoms with Crippen LogP contribution in [-0.4, -0.2) is 30.1 Å². The van der Waals surface area contributed by atoms with Gasteiger partial charge in [0.1, 0.15) is 0 Å². The van der Waals surface area contributed by atoms with Crippen LogP contribution < -0.4 is 5.32 Å². The molecule has 2 heterocycles. The van der Waals surface area contributed by atoms with Gasteiger partial charge in [-0.05, 0) is 51.8 Å². The summed E-state index contributed by atoms with van der Waals surface area (Å²) in [5.74, 6) is 0. The van der Waals surface area contributed by atoms with Crippen molar-refractivity contribution in [3.8, 4) is 0 Å². The SMILES string of the molecule is CCc1ccc(CN(CC2CCCN2)C(C)C)s1. The van der Waals surface area contributed by atoms with Gasteiger partial charge in [-0.25, -0.2) is 0 Å².